The first kappa shape index (κ1) is 21.1. The lowest BCUT2D eigenvalue weighted by Crippen LogP contribution is -2.44. The molecule has 0 aromatic heterocycles. The Hall–Kier alpha value is -1.64. The Morgan fingerprint density at radius 3 is 2.64 bits per heavy atom. The summed E-state index contributed by atoms with van der Waals surface area (Å²) in [5.74, 6) is 0.378. The summed E-state index contributed by atoms with van der Waals surface area (Å²) in [4.78, 5) is 16.1. The molecule has 0 saturated carbocycles. The number of piperidine rings is 1. The van der Waals surface area contributed by atoms with Gasteiger partial charge in [0.2, 0.25) is 5.91 Å². The van der Waals surface area contributed by atoms with Crippen LogP contribution in [0.4, 0.5) is 13.2 Å². The van der Waals surface area contributed by atoms with Crippen LogP contribution in [-0.4, -0.2) is 67.3 Å². The molecule has 1 amide bonds. The van der Waals surface area contributed by atoms with Crippen molar-refractivity contribution in [2.24, 2.45) is 5.92 Å². The second-order valence-corrected chi connectivity index (χ2v) is 7.81. The number of hydrogen-bond acceptors (Lipinski definition) is 4. The fourth-order valence-corrected chi connectivity index (χ4v) is 4.14. The molecule has 1 aromatic carbocycles. The van der Waals surface area contributed by atoms with Crippen LogP contribution < -0.4 is 0 Å². The Balaban J connectivity index is 1.55. The normalized spacial score (nSPS) is 23.4. The zero-order valence-corrected chi connectivity index (χ0v) is 16.0. The third kappa shape index (κ3) is 4.85. The number of carbonyl (C=O) groups is 1. The van der Waals surface area contributed by atoms with Gasteiger partial charge in [0.25, 0.3) is 0 Å². The van der Waals surface area contributed by atoms with Gasteiger partial charge in [-0.15, -0.1) is 0 Å². The molecular weight excluding hydrogens is 373 g/mol. The van der Waals surface area contributed by atoms with Crippen molar-refractivity contribution in [2.75, 3.05) is 46.4 Å². The first-order valence-electron chi connectivity index (χ1n) is 9.60. The Kier molecular flexibility index (Phi) is 6.31. The van der Waals surface area contributed by atoms with Crippen LogP contribution in [0.15, 0.2) is 24.3 Å². The molecule has 8 heteroatoms. The van der Waals surface area contributed by atoms with Gasteiger partial charge >= 0.3 is 6.18 Å². The van der Waals surface area contributed by atoms with E-state index in [1.54, 1.807) is 13.2 Å². The van der Waals surface area contributed by atoms with Gasteiger partial charge in [-0.3, -0.25) is 4.79 Å². The maximum Gasteiger partial charge on any atom is 0.416 e. The SMILES string of the molecule is COCCN1C[C@H](CN2CCC(O)(c3cccc(C(F)(F)F)c3)CC2)CC1=O. The monoisotopic (exact) mass is 400 g/mol. The summed E-state index contributed by atoms with van der Waals surface area (Å²) < 4.78 is 43.9. The maximum absolute atomic E-state index is 13.0. The first-order chi connectivity index (χ1) is 13.2. The van der Waals surface area contributed by atoms with Gasteiger partial charge in [-0.05, 0) is 36.5 Å². The highest BCUT2D eigenvalue weighted by atomic mass is 19.4. The van der Waals surface area contributed by atoms with E-state index in [0.717, 1.165) is 18.7 Å². The molecule has 156 valence electrons. The van der Waals surface area contributed by atoms with Gasteiger partial charge in [-0.1, -0.05) is 12.1 Å². The van der Waals surface area contributed by atoms with Gasteiger partial charge in [-0.2, -0.15) is 13.2 Å². The number of nitrogens with zero attached hydrogens (tertiary/aromatic N) is 2. The van der Waals surface area contributed by atoms with Crippen molar-refractivity contribution in [3.05, 3.63) is 35.4 Å². The molecule has 2 aliphatic heterocycles. The minimum absolute atomic E-state index is 0.138. The van der Waals surface area contributed by atoms with Crippen LogP contribution in [0.5, 0.6) is 0 Å². The smallest absolute Gasteiger partial charge is 0.385 e. The molecule has 0 spiro atoms. The van der Waals surface area contributed by atoms with E-state index in [0.29, 0.717) is 57.6 Å². The minimum atomic E-state index is -4.42. The van der Waals surface area contributed by atoms with E-state index in [9.17, 15) is 23.1 Å². The van der Waals surface area contributed by atoms with Crippen molar-refractivity contribution in [3.63, 3.8) is 0 Å². The summed E-state index contributed by atoms with van der Waals surface area (Å²) in [5.41, 5.74) is -1.65. The second-order valence-electron chi connectivity index (χ2n) is 7.81. The highest BCUT2D eigenvalue weighted by Gasteiger charge is 2.38. The molecule has 0 unspecified atom stereocenters. The van der Waals surface area contributed by atoms with Crippen LogP contribution in [0.3, 0.4) is 0 Å². The van der Waals surface area contributed by atoms with Crippen molar-refractivity contribution in [2.45, 2.75) is 31.0 Å². The quantitative estimate of drug-likeness (QED) is 0.797. The van der Waals surface area contributed by atoms with E-state index in [1.807, 2.05) is 4.90 Å². The van der Waals surface area contributed by atoms with E-state index in [1.165, 1.54) is 6.07 Å². The maximum atomic E-state index is 13.0. The van der Waals surface area contributed by atoms with Gasteiger partial charge < -0.3 is 19.6 Å². The molecule has 2 heterocycles. The van der Waals surface area contributed by atoms with Crippen molar-refractivity contribution < 1.29 is 27.8 Å². The lowest BCUT2D eigenvalue weighted by Gasteiger charge is -2.39. The highest BCUT2D eigenvalue weighted by Crippen LogP contribution is 2.37. The summed E-state index contributed by atoms with van der Waals surface area (Å²) in [5, 5.41) is 10.9. The summed E-state index contributed by atoms with van der Waals surface area (Å²) >= 11 is 0. The molecule has 0 aliphatic carbocycles. The Morgan fingerprint density at radius 2 is 2.00 bits per heavy atom. The average Bonchev–Trinajstić information content (AvgIpc) is 3.00. The van der Waals surface area contributed by atoms with Crippen LogP contribution in [0.1, 0.15) is 30.4 Å². The molecule has 2 fully saturated rings. The predicted molar refractivity (Wildman–Crippen MR) is 97.6 cm³/mol. The fraction of sp³-hybridized carbons (Fsp3) is 0.650. The number of halogens is 3. The van der Waals surface area contributed by atoms with Crippen LogP contribution in [0.25, 0.3) is 0 Å². The summed E-state index contributed by atoms with van der Waals surface area (Å²) in [6.45, 7) is 3.77. The third-order valence-corrected chi connectivity index (χ3v) is 5.79. The number of hydrogen-bond donors (Lipinski definition) is 1. The number of alkyl halides is 3. The topological polar surface area (TPSA) is 53.0 Å². The number of benzene rings is 1. The van der Waals surface area contributed by atoms with Gasteiger partial charge in [0, 0.05) is 46.3 Å². The molecule has 2 saturated heterocycles. The van der Waals surface area contributed by atoms with E-state index < -0.39 is 17.3 Å². The molecule has 28 heavy (non-hydrogen) atoms. The lowest BCUT2D eigenvalue weighted by atomic mass is 9.83. The van der Waals surface area contributed by atoms with Crippen LogP contribution >= 0.6 is 0 Å². The van der Waals surface area contributed by atoms with Crippen molar-refractivity contribution in [3.8, 4) is 0 Å². The summed E-state index contributed by atoms with van der Waals surface area (Å²) in [6, 6.07) is 4.99. The molecule has 0 bridgehead atoms. The number of amides is 1. The van der Waals surface area contributed by atoms with Crippen molar-refractivity contribution in [1.82, 2.24) is 9.80 Å². The molecular formula is C20H27F3N2O3. The van der Waals surface area contributed by atoms with Gasteiger partial charge in [0.05, 0.1) is 17.8 Å². The zero-order chi connectivity index (χ0) is 20.4. The highest BCUT2D eigenvalue weighted by molar-refractivity contribution is 5.78. The van der Waals surface area contributed by atoms with Gasteiger partial charge in [0.15, 0.2) is 0 Å². The minimum Gasteiger partial charge on any atom is -0.385 e. The number of likely N-dealkylation sites (tertiary alicyclic amines) is 2. The third-order valence-electron chi connectivity index (χ3n) is 5.79. The van der Waals surface area contributed by atoms with E-state index in [-0.39, 0.29) is 11.8 Å². The first-order valence-corrected chi connectivity index (χ1v) is 9.60. The van der Waals surface area contributed by atoms with Crippen molar-refractivity contribution in [1.29, 1.82) is 0 Å². The molecule has 5 nitrogen and oxygen atoms in total. The lowest BCUT2D eigenvalue weighted by molar-refractivity contribution is -0.137. The second kappa shape index (κ2) is 8.39. The van der Waals surface area contributed by atoms with Crippen LogP contribution in [-0.2, 0) is 21.3 Å². The average molecular weight is 400 g/mol. The zero-order valence-electron chi connectivity index (χ0n) is 16.0. The Morgan fingerprint density at radius 1 is 1.29 bits per heavy atom. The van der Waals surface area contributed by atoms with Crippen LogP contribution in [0.2, 0.25) is 0 Å². The largest absolute Gasteiger partial charge is 0.416 e. The number of rotatable bonds is 6. The van der Waals surface area contributed by atoms with E-state index in [2.05, 4.69) is 4.90 Å². The molecule has 1 atom stereocenters. The molecule has 3 rings (SSSR count). The van der Waals surface area contributed by atoms with Crippen LogP contribution in [0, 0.1) is 5.92 Å². The fourth-order valence-electron chi connectivity index (χ4n) is 4.14. The summed E-state index contributed by atoms with van der Waals surface area (Å²) in [6.07, 6.45) is -3.15. The molecule has 1 aromatic rings. The molecule has 2 aliphatic rings. The molecule has 1 N–H and O–H groups in total. The standard InChI is InChI=1S/C20H27F3N2O3/c1-28-10-9-25-14-15(11-18(25)26)13-24-7-5-19(27,6-8-24)16-3-2-4-17(12-16)20(21,22)23/h2-4,12,15,27H,5-11,13-14H2,1H3/t15-/m0/s1. The van der Waals surface area contributed by atoms with E-state index >= 15 is 0 Å². The van der Waals surface area contributed by atoms with Gasteiger partial charge in [-0.25, -0.2) is 0 Å². The molecule has 0 radical (unpaired) electrons. The number of methoxy groups -OCH3 is 1. The van der Waals surface area contributed by atoms with E-state index in [4.69, 9.17) is 4.74 Å². The number of carbonyl (C=O) groups excluding carboxylic acids is 1. The van der Waals surface area contributed by atoms with Gasteiger partial charge in [0.1, 0.15) is 0 Å². The Labute approximate surface area is 163 Å². The summed E-state index contributed by atoms with van der Waals surface area (Å²) in [7, 11) is 1.61. The number of aliphatic hydroxyl groups is 1. The van der Waals surface area contributed by atoms with Crippen molar-refractivity contribution >= 4 is 5.91 Å². The number of ether oxygens (including phenoxy) is 1. The Bertz CT molecular complexity index is 688. The predicted octanol–water partition coefficient (Wildman–Crippen LogP) is 2.48.